The Morgan fingerprint density at radius 3 is 2.38 bits per heavy atom. The quantitative estimate of drug-likeness (QED) is 0.653. The molecule has 0 aliphatic carbocycles. The first-order chi connectivity index (χ1) is 13.9. The smallest absolute Gasteiger partial charge is 0.276 e. The van der Waals surface area contributed by atoms with E-state index in [0.717, 1.165) is 15.8 Å². The maximum Gasteiger partial charge on any atom is 0.276 e. The standard InChI is InChI=1S/C21H19ClN4O3/c1-14-2-8-17(9-3-14)24-21(29)18-10-11-20(28)26(25-18)13-19(27)23-12-15-4-6-16(22)7-5-15/h2-11H,12-13H2,1H3,(H,23,27)(H,24,29). The van der Waals surface area contributed by atoms with Gasteiger partial charge in [0, 0.05) is 23.3 Å². The number of nitrogens with zero attached hydrogens (tertiary/aromatic N) is 2. The maximum atomic E-state index is 12.4. The van der Waals surface area contributed by atoms with E-state index in [4.69, 9.17) is 11.6 Å². The third-order valence-electron chi connectivity index (χ3n) is 4.11. The summed E-state index contributed by atoms with van der Waals surface area (Å²) >= 11 is 5.83. The molecule has 3 aromatic rings. The van der Waals surface area contributed by atoms with Gasteiger partial charge in [0.2, 0.25) is 5.91 Å². The Labute approximate surface area is 172 Å². The third kappa shape index (κ3) is 5.76. The predicted molar refractivity (Wildman–Crippen MR) is 111 cm³/mol. The van der Waals surface area contributed by atoms with Crippen LogP contribution in [0.4, 0.5) is 5.69 Å². The first-order valence-corrected chi connectivity index (χ1v) is 9.26. The van der Waals surface area contributed by atoms with Gasteiger partial charge in [0.1, 0.15) is 12.2 Å². The fourth-order valence-corrected chi connectivity index (χ4v) is 2.64. The van der Waals surface area contributed by atoms with Crippen LogP contribution in [0.2, 0.25) is 5.02 Å². The Morgan fingerprint density at radius 1 is 1.00 bits per heavy atom. The van der Waals surface area contributed by atoms with E-state index in [0.29, 0.717) is 17.3 Å². The second-order valence-corrected chi connectivity index (χ2v) is 6.87. The predicted octanol–water partition coefficient (Wildman–Crippen LogP) is 2.77. The molecule has 0 saturated heterocycles. The number of amides is 2. The molecule has 0 aliphatic heterocycles. The highest BCUT2D eigenvalue weighted by Crippen LogP contribution is 2.10. The van der Waals surface area contributed by atoms with Crippen LogP contribution < -0.4 is 16.2 Å². The van der Waals surface area contributed by atoms with Gasteiger partial charge in [-0.1, -0.05) is 41.4 Å². The van der Waals surface area contributed by atoms with Crippen molar-refractivity contribution in [1.29, 1.82) is 0 Å². The molecule has 1 heterocycles. The van der Waals surface area contributed by atoms with Crippen LogP contribution >= 0.6 is 11.6 Å². The number of aromatic nitrogens is 2. The molecule has 0 radical (unpaired) electrons. The molecule has 0 unspecified atom stereocenters. The average molecular weight is 411 g/mol. The zero-order chi connectivity index (χ0) is 20.8. The fourth-order valence-electron chi connectivity index (χ4n) is 2.51. The van der Waals surface area contributed by atoms with Gasteiger partial charge in [0.15, 0.2) is 0 Å². The van der Waals surface area contributed by atoms with E-state index in [1.165, 1.54) is 12.1 Å². The zero-order valence-electron chi connectivity index (χ0n) is 15.7. The van der Waals surface area contributed by atoms with E-state index in [9.17, 15) is 14.4 Å². The molecule has 2 amide bonds. The number of halogens is 1. The van der Waals surface area contributed by atoms with Crippen molar-refractivity contribution in [2.75, 3.05) is 5.32 Å². The summed E-state index contributed by atoms with van der Waals surface area (Å²) in [5.74, 6) is -0.866. The number of hydrogen-bond acceptors (Lipinski definition) is 4. The van der Waals surface area contributed by atoms with E-state index in [1.807, 2.05) is 19.1 Å². The lowest BCUT2D eigenvalue weighted by atomic mass is 10.2. The van der Waals surface area contributed by atoms with Crippen LogP contribution in [0.3, 0.4) is 0 Å². The van der Waals surface area contributed by atoms with E-state index >= 15 is 0 Å². The Hall–Kier alpha value is -3.45. The summed E-state index contributed by atoms with van der Waals surface area (Å²) in [5, 5.41) is 10.0. The van der Waals surface area contributed by atoms with Crippen LogP contribution in [-0.4, -0.2) is 21.6 Å². The fraction of sp³-hybridized carbons (Fsp3) is 0.143. The molecule has 148 valence electrons. The summed E-state index contributed by atoms with van der Waals surface area (Å²) in [4.78, 5) is 36.6. The number of benzene rings is 2. The number of nitrogens with one attached hydrogen (secondary N) is 2. The van der Waals surface area contributed by atoms with E-state index < -0.39 is 17.4 Å². The van der Waals surface area contributed by atoms with Crippen molar-refractivity contribution in [3.8, 4) is 0 Å². The largest absolute Gasteiger partial charge is 0.350 e. The van der Waals surface area contributed by atoms with Crippen molar-refractivity contribution in [1.82, 2.24) is 15.1 Å². The molecule has 0 spiro atoms. The highest BCUT2D eigenvalue weighted by atomic mass is 35.5. The zero-order valence-corrected chi connectivity index (χ0v) is 16.4. The van der Waals surface area contributed by atoms with E-state index in [1.54, 1.807) is 36.4 Å². The SMILES string of the molecule is Cc1ccc(NC(=O)c2ccc(=O)n(CC(=O)NCc3ccc(Cl)cc3)n2)cc1. The summed E-state index contributed by atoms with van der Waals surface area (Å²) in [5.41, 5.74) is 2.11. The molecule has 0 bridgehead atoms. The van der Waals surface area contributed by atoms with Crippen LogP contribution in [0.1, 0.15) is 21.6 Å². The minimum absolute atomic E-state index is 0.0377. The molecule has 0 atom stereocenters. The van der Waals surface area contributed by atoms with Gasteiger partial charge in [0.25, 0.3) is 11.5 Å². The molecule has 29 heavy (non-hydrogen) atoms. The molecular formula is C21H19ClN4O3. The summed E-state index contributed by atoms with van der Waals surface area (Å²) in [7, 11) is 0. The first-order valence-electron chi connectivity index (χ1n) is 8.88. The van der Waals surface area contributed by atoms with Gasteiger partial charge in [-0.05, 0) is 42.8 Å². The molecule has 0 saturated carbocycles. The number of rotatable bonds is 6. The van der Waals surface area contributed by atoms with Gasteiger partial charge in [-0.15, -0.1) is 0 Å². The Balaban J connectivity index is 1.64. The molecule has 8 heteroatoms. The van der Waals surface area contributed by atoms with Crippen LogP contribution in [0.5, 0.6) is 0 Å². The molecule has 7 nitrogen and oxygen atoms in total. The lowest BCUT2D eigenvalue weighted by Gasteiger charge is -2.09. The van der Waals surface area contributed by atoms with E-state index in [2.05, 4.69) is 15.7 Å². The van der Waals surface area contributed by atoms with Crippen LogP contribution in [-0.2, 0) is 17.9 Å². The minimum Gasteiger partial charge on any atom is -0.350 e. The van der Waals surface area contributed by atoms with Crippen molar-refractivity contribution in [2.24, 2.45) is 0 Å². The number of carbonyl (C=O) groups excluding carboxylic acids is 2. The number of hydrogen-bond donors (Lipinski definition) is 2. The first kappa shape index (κ1) is 20.3. The van der Waals surface area contributed by atoms with Gasteiger partial charge in [-0.25, -0.2) is 4.68 Å². The molecule has 0 aliphatic rings. The molecule has 0 fully saturated rings. The van der Waals surface area contributed by atoms with Crippen LogP contribution in [0.15, 0.2) is 65.5 Å². The van der Waals surface area contributed by atoms with Gasteiger partial charge in [0.05, 0.1) is 0 Å². The van der Waals surface area contributed by atoms with Crippen LogP contribution in [0.25, 0.3) is 0 Å². The van der Waals surface area contributed by atoms with Gasteiger partial charge >= 0.3 is 0 Å². The highest BCUT2D eigenvalue weighted by Gasteiger charge is 2.12. The van der Waals surface area contributed by atoms with Crippen molar-refractivity contribution in [3.05, 3.63) is 92.9 Å². The monoisotopic (exact) mass is 410 g/mol. The third-order valence-corrected chi connectivity index (χ3v) is 4.36. The van der Waals surface area contributed by atoms with Crippen molar-refractivity contribution in [3.63, 3.8) is 0 Å². The second-order valence-electron chi connectivity index (χ2n) is 6.44. The molecule has 2 N–H and O–H groups in total. The molecule has 2 aromatic carbocycles. The number of anilines is 1. The second kappa shape index (κ2) is 9.16. The number of carbonyl (C=O) groups is 2. The topological polar surface area (TPSA) is 93.1 Å². The summed E-state index contributed by atoms with van der Waals surface area (Å²) < 4.78 is 0.960. The molecule has 1 aromatic heterocycles. The lowest BCUT2D eigenvalue weighted by Crippen LogP contribution is -2.34. The summed E-state index contributed by atoms with van der Waals surface area (Å²) in [6.07, 6.45) is 0. The average Bonchev–Trinajstić information content (AvgIpc) is 2.71. The van der Waals surface area contributed by atoms with Gasteiger partial charge < -0.3 is 10.6 Å². The lowest BCUT2D eigenvalue weighted by molar-refractivity contribution is -0.122. The number of aryl methyl sites for hydroxylation is 1. The van der Waals surface area contributed by atoms with Gasteiger partial charge in [-0.2, -0.15) is 5.10 Å². The molecule has 3 rings (SSSR count). The maximum absolute atomic E-state index is 12.4. The minimum atomic E-state index is -0.474. The Bertz CT molecular complexity index is 1080. The van der Waals surface area contributed by atoms with Crippen molar-refractivity contribution < 1.29 is 9.59 Å². The highest BCUT2D eigenvalue weighted by molar-refractivity contribution is 6.30. The summed E-state index contributed by atoms with van der Waals surface area (Å²) in [6, 6.07) is 16.9. The van der Waals surface area contributed by atoms with Gasteiger partial charge in [-0.3, -0.25) is 14.4 Å². The normalized spacial score (nSPS) is 10.4. The molecular weight excluding hydrogens is 392 g/mol. The van der Waals surface area contributed by atoms with Crippen molar-refractivity contribution in [2.45, 2.75) is 20.0 Å². The van der Waals surface area contributed by atoms with Crippen LogP contribution in [0, 0.1) is 6.92 Å². The Morgan fingerprint density at radius 2 is 1.69 bits per heavy atom. The van der Waals surface area contributed by atoms with Crippen molar-refractivity contribution >= 4 is 29.1 Å². The summed E-state index contributed by atoms with van der Waals surface area (Å²) in [6.45, 7) is 1.94. The van der Waals surface area contributed by atoms with E-state index in [-0.39, 0.29) is 12.2 Å². The Kier molecular flexibility index (Phi) is 6.41.